The third-order valence-corrected chi connectivity index (χ3v) is 4.51. The predicted molar refractivity (Wildman–Crippen MR) is 95.8 cm³/mol. The number of carbonyl (C=O) groups excluding carboxylic acids is 1. The fraction of sp³-hybridized carbons (Fsp3) is 0.300. The maximum atomic E-state index is 11.3. The largest absolute Gasteiger partial charge is 0.491 e. The summed E-state index contributed by atoms with van der Waals surface area (Å²) in [7, 11) is 2.02. The number of aliphatic hydroxyl groups is 1. The minimum atomic E-state index is -0.637. The second-order valence-electron chi connectivity index (χ2n) is 6.25. The molecule has 0 radical (unpaired) electrons. The summed E-state index contributed by atoms with van der Waals surface area (Å²) in [6, 6.07) is 15.1. The predicted octanol–water partition coefficient (Wildman–Crippen LogP) is 2.42. The summed E-state index contributed by atoms with van der Waals surface area (Å²) in [6.45, 7) is 4.21. The highest BCUT2D eigenvalue weighted by molar-refractivity contribution is 5.94. The highest BCUT2D eigenvalue weighted by atomic mass is 16.5. The second kappa shape index (κ2) is 7.07. The number of hydrogen-bond acceptors (Lipinski definition) is 3. The summed E-state index contributed by atoms with van der Waals surface area (Å²) in [5.74, 6) is 1.74. The quantitative estimate of drug-likeness (QED) is 0.554. The average molecular weight is 339 g/mol. The number of rotatable bonds is 6. The van der Waals surface area contributed by atoms with E-state index < -0.39 is 6.10 Å². The molecule has 25 heavy (non-hydrogen) atoms. The van der Waals surface area contributed by atoms with Gasteiger partial charge in [0.15, 0.2) is 16.8 Å². The number of aromatic nitrogens is 2. The molecular weight excluding hydrogens is 316 g/mol. The molecule has 0 aliphatic rings. The van der Waals surface area contributed by atoms with Crippen molar-refractivity contribution in [3.8, 4) is 5.75 Å². The van der Waals surface area contributed by atoms with Crippen molar-refractivity contribution in [2.75, 3.05) is 6.61 Å². The van der Waals surface area contributed by atoms with Crippen molar-refractivity contribution in [3.05, 3.63) is 59.9 Å². The van der Waals surface area contributed by atoms with Gasteiger partial charge in [-0.25, -0.2) is 9.13 Å². The Bertz CT molecular complexity index is 897. The van der Waals surface area contributed by atoms with Crippen LogP contribution < -0.4 is 9.30 Å². The zero-order valence-electron chi connectivity index (χ0n) is 14.8. The average Bonchev–Trinajstić information content (AvgIpc) is 2.85. The van der Waals surface area contributed by atoms with Crippen LogP contribution in [-0.2, 0) is 13.6 Å². The molecule has 1 aromatic heterocycles. The number of imidazole rings is 1. The van der Waals surface area contributed by atoms with E-state index in [0.29, 0.717) is 17.9 Å². The molecule has 3 aromatic rings. The monoisotopic (exact) mass is 339 g/mol. The Kier molecular flexibility index (Phi) is 4.86. The first-order valence-electron chi connectivity index (χ1n) is 8.33. The van der Waals surface area contributed by atoms with Crippen molar-refractivity contribution in [2.45, 2.75) is 26.5 Å². The summed E-state index contributed by atoms with van der Waals surface area (Å²) in [5.41, 5.74) is 2.87. The number of benzene rings is 2. The van der Waals surface area contributed by atoms with Crippen molar-refractivity contribution < 1.29 is 19.2 Å². The first-order valence-corrected chi connectivity index (χ1v) is 8.33. The Morgan fingerprint density at radius 2 is 1.88 bits per heavy atom. The highest BCUT2D eigenvalue weighted by Gasteiger charge is 2.21. The molecular formula is C20H23N2O3+. The number of fused-ring (bicyclic) bond motifs is 1. The number of ether oxygens (including phenoxy) is 1. The van der Waals surface area contributed by atoms with Gasteiger partial charge >= 0.3 is 0 Å². The Balaban J connectivity index is 1.68. The zero-order chi connectivity index (χ0) is 18.0. The molecule has 0 aliphatic heterocycles. The van der Waals surface area contributed by atoms with Gasteiger partial charge in [0.25, 0.3) is 5.82 Å². The van der Waals surface area contributed by atoms with Gasteiger partial charge < -0.3 is 9.84 Å². The summed E-state index contributed by atoms with van der Waals surface area (Å²) in [4.78, 5) is 11.3. The van der Waals surface area contributed by atoms with Gasteiger partial charge in [0.05, 0.1) is 7.05 Å². The van der Waals surface area contributed by atoms with Crippen LogP contribution in [0.5, 0.6) is 5.75 Å². The molecule has 0 amide bonds. The molecule has 3 rings (SSSR count). The van der Waals surface area contributed by atoms with Gasteiger partial charge in [0.2, 0.25) is 0 Å². The van der Waals surface area contributed by atoms with E-state index in [4.69, 9.17) is 4.74 Å². The molecule has 2 aromatic carbocycles. The van der Waals surface area contributed by atoms with Gasteiger partial charge in [-0.3, -0.25) is 4.79 Å². The fourth-order valence-corrected chi connectivity index (χ4v) is 2.98. The van der Waals surface area contributed by atoms with Crippen LogP contribution in [0.1, 0.15) is 23.1 Å². The normalized spacial score (nSPS) is 12.3. The van der Waals surface area contributed by atoms with Crippen molar-refractivity contribution >= 4 is 16.8 Å². The Labute approximate surface area is 147 Å². The number of Topliss-reactive ketones (excluding diaryl/α,β-unsaturated/α-hetero) is 1. The molecule has 1 atom stereocenters. The smallest absolute Gasteiger partial charge is 0.254 e. The number of hydrogen-bond donors (Lipinski definition) is 1. The van der Waals surface area contributed by atoms with Gasteiger partial charge in [0.1, 0.15) is 25.0 Å². The zero-order valence-corrected chi connectivity index (χ0v) is 14.8. The van der Waals surface area contributed by atoms with Gasteiger partial charge in [-0.1, -0.05) is 12.1 Å². The van der Waals surface area contributed by atoms with Gasteiger partial charge in [0, 0.05) is 12.5 Å². The molecule has 5 heteroatoms. The lowest BCUT2D eigenvalue weighted by molar-refractivity contribution is -0.652. The van der Waals surface area contributed by atoms with E-state index in [9.17, 15) is 9.90 Å². The molecule has 5 nitrogen and oxygen atoms in total. The third-order valence-electron chi connectivity index (χ3n) is 4.51. The van der Waals surface area contributed by atoms with Crippen LogP contribution in [0, 0.1) is 6.92 Å². The van der Waals surface area contributed by atoms with Crippen molar-refractivity contribution in [2.24, 2.45) is 7.05 Å². The Morgan fingerprint density at radius 3 is 2.56 bits per heavy atom. The third kappa shape index (κ3) is 3.56. The van der Waals surface area contributed by atoms with Crippen LogP contribution in [0.25, 0.3) is 11.0 Å². The molecule has 0 saturated carbocycles. The topological polar surface area (TPSA) is 55.3 Å². The number of ketones is 1. The molecule has 0 fully saturated rings. The highest BCUT2D eigenvalue weighted by Crippen LogP contribution is 2.16. The van der Waals surface area contributed by atoms with Gasteiger partial charge in [-0.15, -0.1) is 0 Å². The molecule has 0 saturated heterocycles. The number of carbonyl (C=O) groups is 1. The second-order valence-corrected chi connectivity index (χ2v) is 6.25. The standard InChI is InChI=1S/C20H23N2O3/c1-14(23)16-8-10-18(11-9-16)25-13-17(24)12-22-15(2)21(3)19-6-4-5-7-20(19)22/h4-11,17,24H,12-13H2,1-3H3/q+1/t17-/m1/s1. The first kappa shape index (κ1) is 17.2. The lowest BCUT2D eigenvalue weighted by Gasteiger charge is -2.12. The van der Waals surface area contributed by atoms with E-state index in [1.54, 1.807) is 24.3 Å². The van der Waals surface area contributed by atoms with E-state index in [0.717, 1.165) is 16.9 Å². The van der Waals surface area contributed by atoms with Crippen LogP contribution in [0.2, 0.25) is 0 Å². The van der Waals surface area contributed by atoms with Crippen LogP contribution in [-0.4, -0.2) is 28.2 Å². The summed E-state index contributed by atoms with van der Waals surface area (Å²) in [5, 5.41) is 10.4. The molecule has 1 N–H and O–H groups in total. The summed E-state index contributed by atoms with van der Waals surface area (Å²) >= 11 is 0. The first-order chi connectivity index (χ1) is 12.0. The number of aryl methyl sites for hydroxylation is 1. The van der Waals surface area contributed by atoms with E-state index in [2.05, 4.69) is 21.3 Å². The van der Waals surface area contributed by atoms with Crippen LogP contribution in [0.3, 0.4) is 0 Å². The molecule has 0 spiro atoms. The lowest BCUT2D eigenvalue weighted by atomic mass is 10.1. The maximum Gasteiger partial charge on any atom is 0.254 e. The van der Waals surface area contributed by atoms with Crippen molar-refractivity contribution in [3.63, 3.8) is 0 Å². The minimum absolute atomic E-state index is 0.0226. The van der Waals surface area contributed by atoms with Crippen LogP contribution in [0.4, 0.5) is 0 Å². The molecule has 0 aliphatic carbocycles. The number of aliphatic hydroxyl groups excluding tert-OH is 1. The SMILES string of the molecule is CC(=O)c1ccc(OC[C@H](O)Cn2c(C)[n+](C)c3ccccc32)cc1. The lowest BCUT2D eigenvalue weighted by Crippen LogP contribution is -2.32. The van der Waals surface area contributed by atoms with Gasteiger partial charge in [-0.2, -0.15) is 0 Å². The van der Waals surface area contributed by atoms with E-state index >= 15 is 0 Å². The van der Waals surface area contributed by atoms with Gasteiger partial charge in [-0.05, 0) is 43.3 Å². The maximum absolute atomic E-state index is 11.3. The van der Waals surface area contributed by atoms with E-state index in [1.807, 2.05) is 26.1 Å². The molecule has 0 unspecified atom stereocenters. The van der Waals surface area contributed by atoms with E-state index in [-0.39, 0.29) is 12.4 Å². The fourth-order valence-electron chi connectivity index (χ4n) is 2.98. The molecule has 1 heterocycles. The Morgan fingerprint density at radius 1 is 1.20 bits per heavy atom. The van der Waals surface area contributed by atoms with Crippen LogP contribution in [0.15, 0.2) is 48.5 Å². The Hall–Kier alpha value is -2.66. The molecule has 0 bridgehead atoms. The minimum Gasteiger partial charge on any atom is -0.491 e. The van der Waals surface area contributed by atoms with Crippen molar-refractivity contribution in [1.29, 1.82) is 0 Å². The summed E-state index contributed by atoms with van der Waals surface area (Å²) < 4.78 is 9.87. The van der Waals surface area contributed by atoms with Crippen LogP contribution >= 0.6 is 0 Å². The molecule has 130 valence electrons. The number of nitrogens with zero attached hydrogens (tertiary/aromatic N) is 2. The summed E-state index contributed by atoms with van der Waals surface area (Å²) in [6.07, 6.45) is -0.637. The van der Waals surface area contributed by atoms with Crippen molar-refractivity contribution in [1.82, 2.24) is 4.57 Å². The number of para-hydroxylation sites is 2. The van der Waals surface area contributed by atoms with E-state index in [1.165, 1.54) is 6.92 Å².